The van der Waals surface area contributed by atoms with Crippen molar-refractivity contribution in [2.45, 2.75) is 40.2 Å². The highest BCUT2D eigenvalue weighted by Gasteiger charge is 2.15. The summed E-state index contributed by atoms with van der Waals surface area (Å²) in [7, 11) is 0. The molecule has 0 aliphatic rings. The lowest BCUT2D eigenvalue weighted by molar-refractivity contribution is 0.0530. The second kappa shape index (κ2) is 6.36. The molecule has 1 heterocycles. The molecule has 1 amide bonds. The van der Waals surface area contributed by atoms with E-state index in [0.29, 0.717) is 18.9 Å². The molecule has 0 unspecified atom stereocenters. The summed E-state index contributed by atoms with van der Waals surface area (Å²) in [5.74, 6) is 1.51. The predicted molar refractivity (Wildman–Crippen MR) is 74.2 cm³/mol. The van der Waals surface area contributed by atoms with Crippen molar-refractivity contribution in [1.82, 2.24) is 15.3 Å². The number of rotatable bonds is 4. The van der Waals surface area contributed by atoms with Gasteiger partial charge in [-0.2, -0.15) is 0 Å². The topological polar surface area (TPSA) is 76.1 Å². The molecule has 2 N–H and O–H groups in total. The van der Waals surface area contributed by atoms with Crippen LogP contribution in [0, 0.1) is 13.8 Å². The highest BCUT2D eigenvalue weighted by atomic mass is 16.6. The highest BCUT2D eigenvalue weighted by molar-refractivity contribution is 5.67. The van der Waals surface area contributed by atoms with Crippen LogP contribution >= 0.6 is 0 Å². The molecule has 0 radical (unpaired) electrons. The SMILES string of the molecule is Cc1ncc(C)c(NCCNC(=O)OC(C)(C)C)n1. The number of carbonyl (C=O) groups excluding carboxylic acids is 1. The molecule has 0 saturated carbocycles. The van der Waals surface area contributed by atoms with E-state index in [9.17, 15) is 4.79 Å². The Labute approximate surface area is 114 Å². The monoisotopic (exact) mass is 266 g/mol. The van der Waals surface area contributed by atoms with E-state index in [1.54, 1.807) is 6.20 Å². The normalized spacial score (nSPS) is 11.0. The van der Waals surface area contributed by atoms with Crippen molar-refractivity contribution in [2.75, 3.05) is 18.4 Å². The summed E-state index contributed by atoms with van der Waals surface area (Å²) < 4.78 is 5.13. The third kappa shape index (κ3) is 6.03. The largest absolute Gasteiger partial charge is 0.444 e. The summed E-state index contributed by atoms with van der Waals surface area (Å²) in [6.07, 6.45) is 1.36. The Balaban J connectivity index is 2.31. The minimum Gasteiger partial charge on any atom is -0.444 e. The Bertz CT molecular complexity index is 441. The van der Waals surface area contributed by atoms with Gasteiger partial charge in [-0.3, -0.25) is 0 Å². The van der Waals surface area contributed by atoms with Gasteiger partial charge in [-0.15, -0.1) is 0 Å². The van der Waals surface area contributed by atoms with Crippen LogP contribution in [0.1, 0.15) is 32.2 Å². The summed E-state index contributed by atoms with van der Waals surface area (Å²) in [6, 6.07) is 0. The van der Waals surface area contributed by atoms with Crippen molar-refractivity contribution in [3.63, 3.8) is 0 Å². The van der Waals surface area contributed by atoms with Crippen LogP contribution in [0.3, 0.4) is 0 Å². The first kappa shape index (κ1) is 15.2. The van der Waals surface area contributed by atoms with Gasteiger partial charge in [0.05, 0.1) is 0 Å². The molecule has 1 aromatic heterocycles. The van der Waals surface area contributed by atoms with E-state index in [-0.39, 0.29) is 0 Å². The van der Waals surface area contributed by atoms with Gasteiger partial charge in [0.2, 0.25) is 0 Å². The summed E-state index contributed by atoms with van der Waals surface area (Å²) in [5.41, 5.74) is 0.501. The number of nitrogens with zero attached hydrogens (tertiary/aromatic N) is 2. The van der Waals surface area contributed by atoms with Crippen molar-refractivity contribution in [3.8, 4) is 0 Å². The van der Waals surface area contributed by atoms with Crippen LogP contribution in [0.15, 0.2) is 6.20 Å². The molecule has 0 atom stereocenters. The van der Waals surface area contributed by atoms with Gasteiger partial charge in [-0.05, 0) is 34.6 Å². The second-order valence-corrected chi connectivity index (χ2v) is 5.30. The number of amides is 1. The van der Waals surface area contributed by atoms with Crippen LogP contribution in [0.5, 0.6) is 0 Å². The van der Waals surface area contributed by atoms with Crippen molar-refractivity contribution in [3.05, 3.63) is 17.6 Å². The maximum absolute atomic E-state index is 11.4. The number of hydrogen-bond donors (Lipinski definition) is 2. The number of nitrogens with one attached hydrogen (secondary N) is 2. The zero-order valence-corrected chi connectivity index (χ0v) is 12.2. The van der Waals surface area contributed by atoms with Gasteiger partial charge in [-0.1, -0.05) is 0 Å². The molecule has 1 rings (SSSR count). The number of anilines is 1. The summed E-state index contributed by atoms with van der Waals surface area (Å²) in [5, 5.41) is 5.83. The number of alkyl carbamates (subject to hydrolysis) is 1. The fourth-order valence-corrected chi connectivity index (χ4v) is 1.37. The summed E-state index contributed by atoms with van der Waals surface area (Å²) in [4.78, 5) is 19.8. The van der Waals surface area contributed by atoms with Crippen LogP contribution in [-0.2, 0) is 4.74 Å². The molecule has 0 bridgehead atoms. The van der Waals surface area contributed by atoms with Gasteiger partial charge < -0.3 is 15.4 Å². The van der Waals surface area contributed by atoms with Gasteiger partial charge in [0.15, 0.2) is 0 Å². The van der Waals surface area contributed by atoms with Crippen LogP contribution in [0.4, 0.5) is 10.6 Å². The number of hydrogen-bond acceptors (Lipinski definition) is 5. The minimum absolute atomic E-state index is 0.412. The van der Waals surface area contributed by atoms with Crippen molar-refractivity contribution in [2.24, 2.45) is 0 Å². The zero-order valence-electron chi connectivity index (χ0n) is 12.2. The molecular formula is C13H22N4O2. The van der Waals surface area contributed by atoms with Gasteiger partial charge in [0, 0.05) is 24.8 Å². The van der Waals surface area contributed by atoms with Crippen molar-refractivity contribution in [1.29, 1.82) is 0 Å². The Morgan fingerprint density at radius 2 is 2.00 bits per heavy atom. The van der Waals surface area contributed by atoms with Crippen LogP contribution in [-0.4, -0.2) is 34.8 Å². The van der Waals surface area contributed by atoms with Gasteiger partial charge in [-0.25, -0.2) is 14.8 Å². The van der Waals surface area contributed by atoms with E-state index in [0.717, 1.165) is 11.4 Å². The maximum Gasteiger partial charge on any atom is 0.407 e. The van der Waals surface area contributed by atoms with E-state index in [1.807, 2.05) is 34.6 Å². The van der Waals surface area contributed by atoms with Gasteiger partial charge in [0.25, 0.3) is 0 Å². The third-order valence-electron chi connectivity index (χ3n) is 2.18. The molecule has 6 heteroatoms. The number of carbonyl (C=O) groups is 1. The highest BCUT2D eigenvalue weighted by Crippen LogP contribution is 2.09. The average Bonchev–Trinajstić information content (AvgIpc) is 2.26. The first-order chi connectivity index (χ1) is 8.78. The first-order valence-corrected chi connectivity index (χ1v) is 6.29. The maximum atomic E-state index is 11.4. The van der Waals surface area contributed by atoms with E-state index < -0.39 is 11.7 Å². The molecule has 0 spiro atoms. The molecule has 0 aliphatic carbocycles. The van der Waals surface area contributed by atoms with E-state index in [1.165, 1.54) is 0 Å². The van der Waals surface area contributed by atoms with Gasteiger partial charge >= 0.3 is 6.09 Å². The second-order valence-electron chi connectivity index (χ2n) is 5.30. The molecule has 0 aromatic carbocycles. The number of ether oxygens (including phenoxy) is 1. The lowest BCUT2D eigenvalue weighted by Crippen LogP contribution is -2.35. The summed E-state index contributed by atoms with van der Waals surface area (Å²) in [6.45, 7) is 10.3. The Morgan fingerprint density at radius 3 is 2.63 bits per heavy atom. The lowest BCUT2D eigenvalue weighted by Gasteiger charge is -2.19. The molecule has 0 saturated heterocycles. The molecule has 106 valence electrons. The van der Waals surface area contributed by atoms with Crippen molar-refractivity contribution >= 4 is 11.9 Å². The Kier molecular flexibility index (Phi) is 5.09. The Hall–Kier alpha value is -1.85. The number of aryl methyl sites for hydroxylation is 2. The molecule has 0 aliphatic heterocycles. The molecule has 6 nitrogen and oxygen atoms in total. The van der Waals surface area contributed by atoms with Crippen LogP contribution < -0.4 is 10.6 Å². The van der Waals surface area contributed by atoms with Gasteiger partial charge in [0.1, 0.15) is 17.2 Å². The van der Waals surface area contributed by atoms with E-state index in [4.69, 9.17) is 4.74 Å². The third-order valence-corrected chi connectivity index (χ3v) is 2.18. The molecule has 0 fully saturated rings. The quantitative estimate of drug-likeness (QED) is 0.815. The van der Waals surface area contributed by atoms with Crippen LogP contribution in [0.2, 0.25) is 0 Å². The Morgan fingerprint density at radius 1 is 1.32 bits per heavy atom. The average molecular weight is 266 g/mol. The van der Waals surface area contributed by atoms with Crippen LogP contribution in [0.25, 0.3) is 0 Å². The number of aromatic nitrogens is 2. The zero-order chi connectivity index (χ0) is 14.5. The first-order valence-electron chi connectivity index (χ1n) is 6.29. The van der Waals surface area contributed by atoms with E-state index in [2.05, 4.69) is 20.6 Å². The molecular weight excluding hydrogens is 244 g/mol. The standard InChI is InChI=1S/C13H22N4O2/c1-9-8-16-10(2)17-11(9)14-6-7-15-12(18)19-13(3,4)5/h8H,6-7H2,1-5H3,(H,15,18)(H,14,16,17). The smallest absolute Gasteiger partial charge is 0.407 e. The van der Waals surface area contributed by atoms with E-state index >= 15 is 0 Å². The molecule has 19 heavy (non-hydrogen) atoms. The fraction of sp³-hybridized carbons (Fsp3) is 0.615. The summed E-state index contributed by atoms with van der Waals surface area (Å²) >= 11 is 0. The fourth-order valence-electron chi connectivity index (χ4n) is 1.37. The lowest BCUT2D eigenvalue weighted by atomic mass is 10.2. The molecule has 1 aromatic rings. The predicted octanol–water partition coefficient (Wildman–Crippen LogP) is 2.03. The minimum atomic E-state index is -0.474. The van der Waals surface area contributed by atoms with Crippen molar-refractivity contribution < 1.29 is 9.53 Å².